The number of piperidine rings is 1. The van der Waals surface area contributed by atoms with Crippen LogP contribution < -0.4 is 10.1 Å². The second-order valence-corrected chi connectivity index (χ2v) is 7.18. The molecule has 0 unspecified atom stereocenters. The molecule has 2 heterocycles. The Bertz CT molecular complexity index is 816. The SMILES string of the molecule is CCCC(=O)N1CCC(C(=O)NCc2ccc(Oc3ccc(F)cc3)nc2)CC1. The van der Waals surface area contributed by atoms with Gasteiger partial charge in [0.2, 0.25) is 17.7 Å². The van der Waals surface area contributed by atoms with E-state index in [2.05, 4.69) is 10.3 Å². The summed E-state index contributed by atoms with van der Waals surface area (Å²) in [6.07, 6.45) is 4.46. The number of nitrogens with one attached hydrogen (secondary N) is 1. The maximum atomic E-state index is 12.9. The van der Waals surface area contributed by atoms with E-state index in [1.54, 1.807) is 12.3 Å². The maximum absolute atomic E-state index is 12.9. The van der Waals surface area contributed by atoms with E-state index in [1.807, 2.05) is 17.9 Å². The lowest BCUT2D eigenvalue weighted by Gasteiger charge is -2.31. The highest BCUT2D eigenvalue weighted by atomic mass is 19.1. The van der Waals surface area contributed by atoms with Gasteiger partial charge in [0, 0.05) is 44.2 Å². The molecule has 1 fully saturated rings. The molecule has 2 aromatic rings. The largest absolute Gasteiger partial charge is 0.439 e. The van der Waals surface area contributed by atoms with E-state index in [1.165, 1.54) is 24.3 Å². The Morgan fingerprint density at radius 2 is 1.90 bits per heavy atom. The van der Waals surface area contributed by atoms with Crippen molar-refractivity contribution in [3.05, 3.63) is 54.0 Å². The third kappa shape index (κ3) is 6.01. The van der Waals surface area contributed by atoms with Crippen molar-refractivity contribution in [2.75, 3.05) is 13.1 Å². The van der Waals surface area contributed by atoms with Crippen molar-refractivity contribution in [1.82, 2.24) is 15.2 Å². The van der Waals surface area contributed by atoms with Gasteiger partial charge < -0.3 is 15.0 Å². The van der Waals surface area contributed by atoms with Crippen LogP contribution in [0.3, 0.4) is 0 Å². The first-order chi connectivity index (χ1) is 14.0. The van der Waals surface area contributed by atoms with E-state index in [0.717, 1.165) is 12.0 Å². The zero-order valence-electron chi connectivity index (χ0n) is 16.6. The molecule has 154 valence electrons. The van der Waals surface area contributed by atoms with Crippen LogP contribution in [0.15, 0.2) is 42.6 Å². The minimum atomic E-state index is -0.324. The van der Waals surface area contributed by atoms with Gasteiger partial charge in [-0.3, -0.25) is 9.59 Å². The molecule has 1 aromatic carbocycles. The Hall–Kier alpha value is -2.96. The number of amides is 2. The lowest BCUT2D eigenvalue weighted by Crippen LogP contribution is -2.42. The molecule has 7 heteroatoms. The summed E-state index contributed by atoms with van der Waals surface area (Å²) in [6, 6.07) is 9.26. The van der Waals surface area contributed by atoms with Crippen LogP contribution in [-0.2, 0) is 16.1 Å². The van der Waals surface area contributed by atoms with E-state index in [4.69, 9.17) is 4.74 Å². The molecule has 6 nitrogen and oxygen atoms in total. The first-order valence-corrected chi connectivity index (χ1v) is 9.99. The van der Waals surface area contributed by atoms with E-state index >= 15 is 0 Å². The molecule has 1 aromatic heterocycles. The van der Waals surface area contributed by atoms with Gasteiger partial charge in [-0.2, -0.15) is 0 Å². The van der Waals surface area contributed by atoms with Gasteiger partial charge in [-0.15, -0.1) is 0 Å². The van der Waals surface area contributed by atoms with Gasteiger partial charge in [-0.1, -0.05) is 13.0 Å². The number of carbonyl (C=O) groups excluding carboxylic acids is 2. The number of aromatic nitrogens is 1. The third-order valence-corrected chi connectivity index (χ3v) is 4.98. The molecule has 1 N–H and O–H groups in total. The number of nitrogens with zero attached hydrogens (tertiary/aromatic N) is 2. The van der Waals surface area contributed by atoms with Crippen molar-refractivity contribution in [2.24, 2.45) is 5.92 Å². The quantitative estimate of drug-likeness (QED) is 0.771. The van der Waals surface area contributed by atoms with Crippen molar-refractivity contribution in [2.45, 2.75) is 39.2 Å². The van der Waals surface area contributed by atoms with Crippen molar-refractivity contribution in [3.8, 4) is 11.6 Å². The van der Waals surface area contributed by atoms with Crippen LogP contribution in [0.2, 0.25) is 0 Å². The Morgan fingerprint density at radius 1 is 1.17 bits per heavy atom. The van der Waals surface area contributed by atoms with Crippen molar-refractivity contribution in [1.29, 1.82) is 0 Å². The van der Waals surface area contributed by atoms with Crippen LogP contribution in [-0.4, -0.2) is 34.8 Å². The number of hydrogen-bond donors (Lipinski definition) is 1. The van der Waals surface area contributed by atoms with E-state index in [0.29, 0.717) is 50.5 Å². The number of ether oxygens (including phenoxy) is 1. The molecule has 0 aliphatic carbocycles. The van der Waals surface area contributed by atoms with Gasteiger partial charge >= 0.3 is 0 Å². The van der Waals surface area contributed by atoms with Crippen molar-refractivity contribution in [3.63, 3.8) is 0 Å². The summed E-state index contributed by atoms with van der Waals surface area (Å²) in [5, 5.41) is 2.95. The van der Waals surface area contributed by atoms with Crippen LogP contribution >= 0.6 is 0 Å². The number of likely N-dealkylation sites (tertiary alicyclic amines) is 1. The monoisotopic (exact) mass is 399 g/mol. The first kappa shape index (κ1) is 20.8. The molecule has 2 amide bonds. The molecule has 1 saturated heterocycles. The number of pyridine rings is 1. The summed E-state index contributed by atoms with van der Waals surface area (Å²) in [5.41, 5.74) is 0.861. The predicted molar refractivity (Wildman–Crippen MR) is 107 cm³/mol. The minimum Gasteiger partial charge on any atom is -0.439 e. The zero-order chi connectivity index (χ0) is 20.6. The first-order valence-electron chi connectivity index (χ1n) is 9.99. The fourth-order valence-corrected chi connectivity index (χ4v) is 3.30. The highest BCUT2D eigenvalue weighted by Gasteiger charge is 2.26. The molecule has 29 heavy (non-hydrogen) atoms. The van der Waals surface area contributed by atoms with Crippen LogP contribution in [0.5, 0.6) is 11.6 Å². The number of rotatable bonds is 7. The average Bonchev–Trinajstić information content (AvgIpc) is 2.75. The van der Waals surface area contributed by atoms with Gasteiger partial charge in [0.15, 0.2) is 0 Å². The Labute approximate surface area is 170 Å². The van der Waals surface area contributed by atoms with Crippen LogP contribution in [0.4, 0.5) is 4.39 Å². The second-order valence-electron chi connectivity index (χ2n) is 7.18. The average molecular weight is 399 g/mol. The Kier molecular flexibility index (Phi) is 7.16. The highest BCUT2D eigenvalue weighted by Crippen LogP contribution is 2.20. The molecular formula is C22H26FN3O3. The molecule has 1 aliphatic heterocycles. The van der Waals surface area contributed by atoms with Crippen molar-refractivity contribution >= 4 is 11.8 Å². The van der Waals surface area contributed by atoms with Gasteiger partial charge in [0.1, 0.15) is 11.6 Å². The van der Waals surface area contributed by atoms with Gasteiger partial charge in [-0.05, 0) is 49.1 Å². The molecular weight excluding hydrogens is 373 g/mol. The fraction of sp³-hybridized carbons (Fsp3) is 0.409. The van der Waals surface area contributed by atoms with Crippen molar-refractivity contribution < 1.29 is 18.7 Å². The molecule has 0 atom stereocenters. The standard InChI is InChI=1S/C22H26FN3O3/c1-2-3-21(27)26-12-10-17(11-13-26)22(28)25-15-16-4-9-20(24-14-16)29-19-7-5-18(23)6-8-19/h4-9,14,17H,2-3,10-13,15H2,1H3,(H,25,28). The maximum Gasteiger partial charge on any atom is 0.223 e. The Balaban J connectivity index is 1.43. The summed E-state index contributed by atoms with van der Waals surface area (Å²) >= 11 is 0. The summed E-state index contributed by atoms with van der Waals surface area (Å²) in [6.45, 7) is 3.67. The second kappa shape index (κ2) is 10.0. The van der Waals surface area contributed by atoms with Crippen LogP contribution in [0.1, 0.15) is 38.2 Å². The highest BCUT2D eigenvalue weighted by molar-refractivity contribution is 5.80. The minimum absolute atomic E-state index is 0.0132. The van der Waals surface area contributed by atoms with E-state index in [9.17, 15) is 14.0 Å². The molecule has 3 rings (SSSR count). The summed E-state index contributed by atoms with van der Waals surface area (Å²) in [4.78, 5) is 30.4. The van der Waals surface area contributed by atoms with Gasteiger partial charge in [0.25, 0.3) is 0 Å². The number of hydrogen-bond acceptors (Lipinski definition) is 4. The zero-order valence-corrected chi connectivity index (χ0v) is 16.6. The smallest absolute Gasteiger partial charge is 0.223 e. The number of carbonyl (C=O) groups is 2. The molecule has 0 spiro atoms. The fourth-order valence-electron chi connectivity index (χ4n) is 3.30. The summed E-state index contributed by atoms with van der Waals surface area (Å²) in [7, 11) is 0. The molecule has 0 radical (unpaired) electrons. The molecule has 1 aliphatic rings. The van der Waals surface area contributed by atoms with Crippen LogP contribution in [0, 0.1) is 11.7 Å². The summed E-state index contributed by atoms with van der Waals surface area (Å²) in [5.74, 6) is 0.712. The molecule has 0 bridgehead atoms. The normalized spacial score (nSPS) is 14.5. The lowest BCUT2D eigenvalue weighted by molar-refractivity contribution is -0.135. The van der Waals surface area contributed by atoms with Gasteiger partial charge in [-0.25, -0.2) is 9.37 Å². The lowest BCUT2D eigenvalue weighted by atomic mass is 9.95. The van der Waals surface area contributed by atoms with Crippen LogP contribution in [0.25, 0.3) is 0 Å². The topological polar surface area (TPSA) is 71.5 Å². The number of benzene rings is 1. The molecule has 0 saturated carbocycles. The third-order valence-electron chi connectivity index (χ3n) is 4.98. The summed E-state index contributed by atoms with van der Waals surface area (Å²) < 4.78 is 18.5. The van der Waals surface area contributed by atoms with Gasteiger partial charge in [0.05, 0.1) is 0 Å². The number of halogens is 1. The van der Waals surface area contributed by atoms with E-state index in [-0.39, 0.29) is 23.5 Å². The Morgan fingerprint density at radius 3 is 2.52 bits per heavy atom. The predicted octanol–water partition coefficient (Wildman–Crippen LogP) is 3.67. The van der Waals surface area contributed by atoms with E-state index < -0.39 is 0 Å².